The molecule has 168 valence electrons. The summed E-state index contributed by atoms with van der Waals surface area (Å²) in [7, 11) is -3.60. The van der Waals surface area contributed by atoms with Crippen molar-refractivity contribution in [1.29, 1.82) is 0 Å². The molecule has 0 aliphatic carbocycles. The summed E-state index contributed by atoms with van der Waals surface area (Å²) in [6, 6.07) is 12.2. The van der Waals surface area contributed by atoms with Crippen LogP contribution in [-0.2, 0) is 30.9 Å². The Balaban J connectivity index is 1.55. The maximum atomic E-state index is 12.8. The molecular weight excluding hydrogens is 418 g/mol. The van der Waals surface area contributed by atoms with Crippen molar-refractivity contribution >= 4 is 16.0 Å². The first-order valence-corrected chi connectivity index (χ1v) is 11.8. The Bertz CT molecular complexity index is 1010. The second-order valence-corrected chi connectivity index (χ2v) is 9.72. The lowest BCUT2D eigenvalue weighted by Crippen LogP contribution is -2.40. The molecule has 0 saturated carbocycles. The van der Waals surface area contributed by atoms with Gasteiger partial charge in [0.05, 0.1) is 18.1 Å². The average Bonchev–Trinajstić information content (AvgIpc) is 2.77. The fourth-order valence-corrected chi connectivity index (χ4v) is 4.94. The molecule has 0 atom stereocenters. The van der Waals surface area contributed by atoms with Gasteiger partial charge in [0.15, 0.2) is 6.61 Å². The molecule has 1 aliphatic heterocycles. The maximum absolute atomic E-state index is 12.8. The predicted octanol–water partition coefficient (Wildman–Crippen LogP) is 3.26. The largest absolute Gasteiger partial charge is 0.482 e. The highest BCUT2D eigenvalue weighted by molar-refractivity contribution is 7.89. The van der Waals surface area contributed by atoms with Gasteiger partial charge in [0.25, 0.3) is 0 Å². The molecule has 8 heteroatoms. The van der Waals surface area contributed by atoms with Crippen LogP contribution in [0.3, 0.4) is 0 Å². The molecule has 1 heterocycles. The molecule has 2 aromatic rings. The van der Waals surface area contributed by atoms with Gasteiger partial charge >= 0.3 is 5.97 Å². The summed E-state index contributed by atoms with van der Waals surface area (Å²) in [6.07, 6.45) is 0. The van der Waals surface area contributed by atoms with Crippen LogP contribution >= 0.6 is 0 Å². The molecule has 31 heavy (non-hydrogen) atoms. The summed E-state index contributed by atoms with van der Waals surface area (Å²) in [4.78, 5) is 12.3. The van der Waals surface area contributed by atoms with E-state index in [9.17, 15) is 13.2 Å². The Morgan fingerprint density at radius 1 is 1.13 bits per heavy atom. The van der Waals surface area contributed by atoms with Crippen molar-refractivity contribution in [2.24, 2.45) is 0 Å². The third kappa shape index (κ3) is 6.06. The third-order valence-electron chi connectivity index (χ3n) is 5.13. The average molecular weight is 448 g/mol. The quantitative estimate of drug-likeness (QED) is 0.578. The molecule has 1 fully saturated rings. The molecule has 0 radical (unpaired) electrons. The van der Waals surface area contributed by atoms with Crippen LogP contribution in [0, 0.1) is 6.92 Å². The molecule has 0 unspecified atom stereocenters. The van der Waals surface area contributed by atoms with Crippen LogP contribution in [0.2, 0.25) is 0 Å². The number of ether oxygens (including phenoxy) is 3. The number of aryl methyl sites for hydroxylation is 1. The van der Waals surface area contributed by atoms with Crippen molar-refractivity contribution in [3.05, 3.63) is 59.2 Å². The first-order valence-electron chi connectivity index (χ1n) is 10.3. The Morgan fingerprint density at radius 2 is 1.87 bits per heavy atom. The summed E-state index contributed by atoms with van der Waals surface area (Å²) in [5.41, 5.74) is 2.95. The van der Waals surface area contributed by atoms with E-state index in [0.29, 0.717) is 43.5 Å². The van der Waals surface area contributed by atoms with Gasteiger partial charge in [-0.2, -0.15) is 4.31 Å². The van der Waals surface area contributed by atoms with Gasteiger partial charge in [0.2, 0.25) is 10.0 Å². The third-order valence-corrected chi connectivity index (χ3v) is 7.02. The smallest absolute Gasteiger partial charge is 0.344 e. The van der Waals surface area contributed by atoms with Gasteiger partial charge in [0.1, 0.15) is 12.4 Å². The predicted molar refractivity (Wildman–Crippen MR) is 117 cm³/mol. The maximum Gasteiger partial charge on any atom is 0.344 e. The summed E-state index contributed by atoms with van der Waals surface area (Å²) in [5.74, 6) is 0.506. The van der Waals surface area contributed by atoms with E-state index >= 15 is 0 Å². The standard InChI is InChI=1S/C23H29NO6S/c1-17(2)22-8-7-20(13-18(22)3)29-16-23(25)30-15-19-5-4-6-21(14-19)31(26,27)24-9-11-28-12-10-24/h4-8,13-14,17H,9-12,15-16H2,1-3H3. The van der Waals surface area contributed by atoms with Crippen LogP contribution in [0.4, 0.5) is 0 Å². The Kier molecular flexibility index (Phi) is 7.69. The van der Waals surface area contributed by atoms with Crippen molar-refractivity contribution in [2.75, 3.05) is 32.9 Å². The van der Waals surface area contributed by atoms with Gasteiger partial charge in [-0.3, -0.25) is 0 Å². The number of benzene rings is 2. The summed E-state index contributed by atoms with van der Waals surface area (Å²) < 4.78 is 43.0. The van der Waals surface area contributed by atoms with E-state index in [2.05, 4.69) is 13.8 Å². The van der Waals surface area contributed by atoms with Crippen molar-refractivity contribution < 1.29 is 27.4 Å². The highest BCUT2D eigenvalue weighted by atomic mass is 32.2. The molecule has 2 aromatic carbocycles. The molecule has 0 amide bonds. The van der Waals surface area contributed by atoms with E-state index in [1.54, 1.807) is 18.2 Å². The molecule has 0 bridgehead atoms. The lowest BCUT2D eigenvalue weighted by atomic mass is 9.98. The van der Waals surface area contributed by atoms with Crippen molar-refractivity contribution in [3.8, 4) is 5.75 Å². The minimum atomic E-state index is -3.60. The molecular formula is C23H29NO6S. The first-order chi connectivity index (χ1) is 14.8. The Hall–Kier alpha value is -2.42. The molecule has 7 nitrogen and oxygen atoms in total. The minimum absolute atomic E-state index is 0.0278. The lowest BCUT2D eigenvalue weighted by molar-refractivity contribution is -0.147. The summed E-state index contributed by atoms with van der Waals surface area (Å²) in [5, 5.41) is 0. The van der Waals surface area contributed by atoms with E-state index in [4.69, 9.17) is 14.2 Å². The minimum Gasteiger partial charge on any atom is -0.482 e. The topological polar surface area (TPSA) is 82.1 Å². The van der Waals surface area contributed by atoms with E-state index in [1.165, 1.54) is 15.9 Å². The van der Waals surface area contributed by atoms with Gasteiger partial charge in [-0.25, -0.2) is 13.2 Å². The Morgan fingerprint density at radius 3 is 2.55 bits per heavy atom. The zero-order valence-corrected chi connectivity index (χ0v) is 19.0. The molecule has 3 rings (SSSR count). The van der Waals surface area contributed by atoms with E-state index < -0.39 is 16.0 Å². The van der Waals surface area contributed by atoms with E-state index in [1.807, 2.05) is 25.1 Å². The summed E-state index contributed by atoms with van der Waals surface area (Å²) >= 11 is 0. The highest BCUT2D eigenvalue weighted by Gasteiger charge is 2.26. The van der Waals surface area contributed by atoms with Gasteiger partial charge in [-0.15, -0.1) is 0 Å². The van der Waals surface area contributed by atoms with Crippen LogP contribution < -0.4 is 4.74 Å². The SMILES string of the molecule is Cc1cc(OCC(=O)OCc2cccc(S(=O)(=O)N3CCOCC3)c2)ccc1C(C)C. The fourth-order valence-electron chi connectivity index (χ4n) is 3.47. The van der Waals surface area contributed by atoms with Crippen LogP contribution in [0.15, 0.2) is 47.4 Å². The molecule has 0 aromatic heterocycles. The number of carbonyl (C=O) groups is 1. The summed E-state index contributed by atoms with van der Waals surface area (Å²) in [6.45, 7) is 7.45. The van der Waals surface area contributed by atoms with E-state index in [-0.39, 0.29) is 18.1 Å². The van der Waals surface area contributed by atoms with Crippen LogP contribution in [0.5, 0.6) is 5.75 Å². The van der Waals surface area contributed by atoms with Gasteiger partial charge in [-0.1, -0.05) is 32.0 Å². The van der Waals surface area contributed by atoms with Gasteiger partial charge in [0, 0.05) is 13.1 Å². The number of esters is 1. The Labute approximate surface area is 184 Å². The van der Waals surface area contributed by atoms with Crippen LogP contribution in [-0.4, -0.2) is 51.6 Å². The van der Waals surface area contributed by atoms with Crippen molar-refractivity contribution in [3.63, 3.8) is 0 Å². The molecule has 1 saturated heterocycles. The number of carbonyl (C=O) groups excluding carboxylic acids is 1. The monoisotopic (exact) mass is 447 g/mol. The van der Waals surface area contributed by atoms with Crippen molar-refractivity contribution in [1.82, 2.24) is 4.31 Å². The number of morpholine rings is 1. The second-order valence-electron chi connectivity index (χ2n) is 7.79. The van der Waals surface area contributed by atoms with Crippen LogP contribution in [0.25, 0.3) is 0 Å². The molecule has 0 N–H and O–H groups in total. The number of sulfonamides is 1. The van der Waals surface area contributed by atoms with Crippen molar-refractivity contribution in [2.45, 2.75) is 38.2 Å². The van der Waals surface area contributed by atoms with E-state index in [0.717, 1.165) is 5.56 Å². The molecule has 0 spiro atoms. The van der Waals surface area contributed by atoms with Gasteiger partial charge < -0.3 is 14.2 Å². The zero-order chi connectivity index (χ0) is 22.4. The number of rotatable bonds is 8. The number of hydrogen-bond donors (Lipinski definition) is 0. The number of hydrogen-bond acceptors (Lipinski definition) is 6. The molecule has 1 aliphatic rings. The highest BCUT2D eigenvalue weighted by Crippen LogP contribution is 2.23. The normalized spacial score (nSPS) is 15.1. The van der Waals surface area contributed by atoms with Crippen LogP contribution in [0.1, 0.15) is 36.5 Å². The fraction of sp³-hybridized carbons (Fsp3) is 0.435. The number of nitrogens with zero attached hydrogens (tertiary/aromatic N) is 1. The second kappa shape index (κ2) is 10.3. The lowest BCUT2D eigenvalue weighted by Gasteiger charge is -2.26. The zero-order valence-electron chi connectivity index (χ0n) is 18.2. The van der Waals surface area contributed by atoms with Gasteiger partial charge in [-0.05, 0) is 53.8 Å². The first kappa shape index (κ1) is 23.2.